The predicted molar refractivity (Wildman–Crippen MR) is 80.7 cm³/mol. The van der Waals surface area contributed by atoms with Crippen LogP contribution in [-0.4, -0.2) is 11.7 Å². The molecular formula is C14H22BrNOS. The zero-order valence-electron chi connectivity index (χ0n) is 10.9. The van der Waals surface area contributed by atoms with Gasteiger partial charge in [-0.1, -0.05) is 26.2 Å². The van der Waals surface area contributed by atoms with Gasteiger partial charge >= 0.3 is 0 Å². The Morgan fingerprint density at radius 1 is 1.61 bits per heavy atom. The van der Waals surface area contributed by atoms with E-state index in [1.165, 1.54) is 19.3 Å². The fourth-order valence-electron chi connectivity index (χ4n) is 3.23. The van der Waals surface area contributed by atoms with E-state index >= 15 is 0 Å². The average Bonchev–Trinajstić information content (AvgIpc) is 2.84. The fraction of sp³-hybridized carbons (Fsp3) is 0.714. The molecule has 1 aliphatic carbocycles. The van der Waals surface area contributed by atoms with Crippen LogP contribution in [0.1, 0.15) is 50.7 Å². The highest BCUT2D eigenvalue weighted by atomic mass is 79.9. The van der Waals surface area contributed by atoms with E-state index in [9.17, 15) is 5.11 Å². The maximum atomic E-state index is 10.8. The molecule has 2 nitrogen and oxygen atoms in total. The van der Waals surface area contributed by atoms with Crippen LogP contribution in [0.15, 0.2) is 15.2 Å². The molecule has 0 amide bonds. The van der Waals surface area contributed by atoms with E-state index in [1.54, 1.807) is 11.3 Å². The summed E-state index contributed by atoms with van der Waals surface area (Å²) in [5, 5.41) is 14.8. The Morgan fingerprint density at radius 3 is 2.94 bits per heavy atom. The lowest BCUT2D eigenvalue weighted by Gasteiger charge is -2.43. The molecule has 0 aliphatic heterocycles. The van der Waals surface area contributed by atoms with Gasteiger partial charge in [-0.25, -0.2) is 0 Å². The lowest BCUT2D eigenvalue weighted by Crippen LogP contribution is -2.41. The second-order valence-corrected chi connectivity index (χ2v) is 7.11. The Bertz CT molecular complexity index is 395. The number of halogens is 1. The molecule has 1 fully saturated rings. The zero-order chi connectivity index (χ0) is 13.2. The van der Waals surface area contributed by atoms with Crippen LogP contribution in [0.4, 0.5) is 0 Å². The van der Waals surface area contributed by atoms with Crippen molar-refractivity contribution in [3.8, 4) is 0 Å². The number of hydrogen-bond donors (Lipinski definition) is 2. The molecule has 102 valence electrons. The first-order valence-electron chi connectivity index (χ1n) is 6.72. The minimum atomic E-state index is -0.433. The largest absolute Gasteiger partial charge is 0.388 e. The topological polar surface area (TPSA) is 46.2 Å². The summed E-state index contributed by atoms with van der Waals surface area (Å²) in [7, 11) is 0. The van der Waals surface area contributed by atoms with Crippen molar-refractivity contribution >= 4 is 27.3 Å². The standard InChI is InChI=1S/C14H22BrNOS/c1-2-10-4-3-5-14(6-10,9-16)13(17)11-7-18-8-12(11)15/h7-8,10,13,17H,2-6,9,16H2,1H3. The van der Waals surface area contributed by atoms with Crippen molar-refractivity contribution < 1.29 is 5.11 Å². The number of rotatable bonds is 4. The van der Waals surface area contributed by atoms with Crippen LogP contribution in [0.5, 0.6) is 0 Å². The summed E-state index contributed by atoms with van der Waals surface area (Å²) >= 11 is 5.16. The molecule has 1 aliphatic rings. The summed E-state index contributed by atoms with van der Waals surface area (Å²) in [5.74, 6) is 0.717. The minimum Gasteiger partial charge on any atom is -0.388 e. The van der Waals surface area contributed by atoms with Gasteiger partial charge < -0.3 is 10.8 Å². The summed E-state index contributed by atoms with van der Waals surface area (Å²) < 4.78 is 1.02. The van der Waals surface area contributed by atoms with Crippen LogP contribution in [0, 0.1) is 11.3 Å². The number of hydrogen-bond acceptors (Lipinski definition) is 3. The van der Waals surface area contributed by atoms with Crippen LogP contribution in [0.3, 0.4) is 0 Å². The molecule has 1 aromatic rings. The van der Waals surface area contributed by atoms with Gasteiger partial charge in [0.1, 0.15) is 0 Å². The molecule has 1 saturated carbocycles. The highest BCUT2D eigenvalue weighted by Gasteiger charge is 2.42. The third-order valence-electron chi connectivity index (χ3n) is 4.48. The molecule has 1 heterocycles. The molecule has 2 rings (SSSR count). The van der Waals surface area contributed by atoms with Crippen LogP contribution in [0.2, 0.25) is 0 Å². The quantitative estimate of drug-likeness (QED) is 0.872. The van der Waals surface area contributed by atoms with Crippen LogP contribution < -0.4 is 5.73 Å². The SMILES string of the molecule is CCC1CCCC(CN)(C(O)c2cscc2Br)C1. The van der Waals surface area contributed by atoms with Gasteiger partial charge in [-0.05, 0) is 40.1 Å². The van der Waals surface area contributed by atoms with E-state index in [2.05, 4.69) is 22.9 Å². The number of aliphatic hydroxyl groups excluding tert-OH is 1. The minimum absolute atomic E-state index is 0.123. The molecular weight excluding hydrogens is 310 g/mol. The Kier molecular flexibility index (Phi) is 4.86. The molecule has 0 radical (unpaired) electrons. The Labute approximate surface area is 122 Å². The van der Waals surface area contributed by atoms with E-state index in [0.29, 0.717) is 6.54 Å². The monoisotopic (exact) mass is 331 g/mol. The number of nitrogens with two attached hydrogens (primary N) is 1. The highest BCUT2D eigenvalue weighted by molar-refractivity contribution is 9.10. The zero-order valence-corrected chi connectivity index (χ0v) is 13.3. The van der Waals surface area contributed by atoms with Crippen LogP contribution >= 0.6 is 27.3 Å². The second kappa shape index (κ2) is 6.04. The first kappa shape index (κ1) is 14.5. The van der Waals surface area contributed by atoms with Gasteiger partial charge in [0.15, 0.2) is 0 Å². The highest BCUT2D eigenvalue weighted by Crippen LogP contribution is 2.49. The van der Waals surface area contributed by atoms with Gasteiger partial charge in [-0.15, -0.1) is 0 Å². The Morgan fingerprint density at radius 2 is 2.39 bits per heavy atom. The average molecular weight is 332 g/mol. The predicted octanol–water partition coefficient (Wildman–Crippen LogP) is 4.09. The first-order chi connectivity index (χ1) is 8.63. The Hall–Kier alpha value is 0.100. The van der Waals surface area contributed by atoms with E-state index in [1.807, 2.05) is 10.8 Å². The summed E-state index contributed by atoms with van der Waals surface area (Å²) in [6.45, 7) is 2.82. The van der Waals surface area contributed by atoms with E-state index < -0.39 is 6.10 Å². The third kappa shape index (κ3) is 2.67. The van der Waals surface area contributed by atoms with Crippen molar-refractivity contribution in [1.82, 2.24) is 0 Å². The lowest BCUT2D eigenvalue weighted by molar-refractivity contribution is -0.0163. The molecule has 4 heteroatoms. The maximum Gasteiger partial charge on any atom is 0.0877 e. The van der Waals surface area contributed by atoms with Crippen molar-refractivity contribution in [3.63, 3.8) is 0 Å². The van der Waals surface area contributed by atoms with Crippen LogP contribution in [-0.2, 0) is 0 Å². The molecule has 3 unspecified atom stereocenters. The molecule has 0 spiro atoms. The van der Waals surface area contributed by atoms with E-state index in [-0.39, 0.29) is 5.41 Å². The Balaban J connectivity index is 2.24. The van der Waals surface area contributed by atoms with Crippen LogP contribution in [0.25, 0.3) is 0 Å². The molecule has 0 saturated heterocycles. The second-order valence-electron chi connectivity index (χ2n) is 5.51. The van der Waals surface area contributed by atoms with Gasteiger partial charge in [-0.2, -0.15) is 11.3 Å². The smallest absolute Gasteiger partial charge is 0.0877 e. The summed E-state index contributed by atoms with van der Waals surface area (Å²) in [4.78, 5) is 0. The molecule has 3 N–H and O–H groups in total. The van der Waals surface area contributed by atoms with E-state index in [4.69, 9.17) is 5.73 Å². The normalized spacial score (nSPS) is 30.3. The lowest BCUT2D eigenvalue weighted by atomic mass is 9.65. The summed E-state index contributed by atoms with van der Waals surface area (Å²) in [6.07, 6.45) is 5.34. The van der Waals surface area contributed by atoms with Crippen molar-refractivity contribution in [1.29, 1.82) is 0 Å². The molecule has 3 atom stereocenters. The summed E-state index contributed by atoms with van der Waals surface area (Å²) in [6, 6.07) is 0. The molecule has 1 aromatic heterocycles. The maximum absolute atomic E-state index is 10.8. The van der Waals surface area contributed by atoms with Gasteiger partial charge in [0.2, 0.25) is 0 Å². The van der Waals surface area contributed by atoms with Gasteiger partial charge in [-0.3, -0.25) is 0 Å². The summed E-state index contributed by atoms with van der Waals surface area (Å²) in [5.41, 5.74) is 6.93. The van der Waals surface area contributed by atoms with Crippen molar-refractivity contribution in [2.75, 3.05) is 6.54 Å². The van der Waals surface area contributed by atoms with E-state index in [0.717, 1.165) is 28.8 Å². The van der Waals surface area contributed by atoms with Crippen molar-refractivity contribution in [2.45, 2.75) is 45.1 Å². The third-order valence-corrected chi connectivity index (χ3v) is 6.23. The molecule has 18 heavy (non-hydrogen) atoms. The van der Waals surface area contributed by atoms with Gasteiger partial charge in [0.25, 0.3) is 0 Å². The molecule has 0 bridgehead atoms. The van der Waals surface area contributed by atoms with Gasteiger partial charge in [0.05, 0.1) is 6.10 Å². The number of aliphatic hydroxyl groups is 1. The first-order valence-corrected chi connectivity index (χ1v) is 8.46. The van der Waals surface area contributed by atoms with Crippen molar-refractivity contribution in [3.05, 3.63) is 20.8 Å². The van der Waals surface area contributed by atoms with Crippen molar-refractivity contribution in [2.24, 2.45) is 17.1 Å². The van der Waals surface area contributed by atoms with Gasteiger partial charge in [0, 0.05) is 27.4 Å². The molecule has 0 aromatic carbocycles. The fourth-order valence-corrected chi connectivity index (χ4v) is 4.76. The number of thiophene rings is 1.